The fourth-order valence-corrected chi connectivity index (χ4v) is 4.10. The van der Waals surface area contributed by atoms with Gasteiger partial charge in [0, 0.05) is 37.7 Å². The molecule has 1 N–H and O–H groups in total. The number of hydrogen-bond acceptors (Lipinski definition) is 3. The van der Waals surface area contributed by atoms with Crippen molar-refractivity contribution >= 4 is 5.91 Å². The number of methoxy groups -OCH3 is 1. The second kappa shape index (κ2) is 7.35. The Balaban J connectivity index is 1.80. The number of carbonyl (C=O) groups excluding carboxylic acids is 1. The Morgan fingerprint density at radius 3 is 2.65 bits per heavy atom. The molecule has 1 aliphatic carbocycles. The van der Waals surface area contributed by atoms with Gasteiger partial charge in [-0.1, -0.05) is 31.0 Å². The van der Waals surface area contributed by atoms with E-state index in [1.54, 1.807) is 7.11 Å². The van der Waals surface area contributed by atoms with Gasteiger partial charge in [-0.25, -0.2) is 0 Å². The number of nitrogens with one attached hydrogen (secondary N) is 1. The summed E-state index contributed by atoms with van der Waals surface area (Å²) in [6.07, 6.45) is 6.77. The summed E-state index contributed by atoms with van der Waals surface area (Å²) in [4.78, 5) is 13.6. The molecule has 0 aromatic heterocycles. The predicted octanol–water partition coefficient (Wildman–Crippen LogP) is 3.14. The predicted molar refractivity (Wildman–Crippen MR) is 91.5 cm³/mol. The van der Waals surface area contributed by atoms with Gasteiger partial charge in [-0.05, 0) is 31.2 Å². The maximum atomic E-state index is 11.7. The molecule has 0 spiro atoms. The molecule has 126 valence electrons. The Hall–Kier alpha value is -1.55. The molecule has 1 saturated heterocycles. The summed E-state index contributed by atoms with van der Waals surface area (Å²) in [6, 6.07) is 9.05. The van der Waals surface area contributed by atoms with Crippen molar-refractivity contribution < 1.29 is 9.53 Å². The topological polar surface area (TPSA) is 41.6 Å². The van der Waals surface area contributed by atoms with Crippen LogP contribution in [0.4, 0.5) is 0 Å². The molecular weight excluding hydrogens is 288 g/mol. The summed E-state index contributed by atoms with van der Waals surface area (Å²) in [7, 11) is 3.65. The molecule has 1 saturated carbocycles. The highest BCUT2D eigenvalue weighted by Gasteiger charge is 2.32. The number of para-hydroxylation sites is 1. The summed E-state index contributed by atoms with van der Waals surface area (Å²) in [6.45, 7) is 0.803. The van der Waals surface area contributed by atoms with Gasteiger partial charge in [0.1, 0.15) is 5.75 Å². The van der Waals surface area contributed by atoms with E-state index in [1.807, 2.05) is 18.0 Å². The van der Waals surface area contributed by atoms with E-state index in [2.05, 4.69) is 23.5 Å². The van der Waals surface area contributed by atoms with Gasteiger partial charge < -0.3 is 15.0 Å². The normalized spacial score (nSPS) is 24.0. The Labute approximate surface area is 139 Å². The lowest BCUT2D eigenvalue weighted by atomic mass is 9.89. The Kier molecular flexibility index (Phi) is 5.21. The minimum atomic E-state index is 0.262. The first-order chi connectivity index (χ1) is 11.2. The van der Waals surface area contributed by atoms with E-state index < -0.39 is 0 Å². The zero-order chi connectivity index (χ0) is 16.2. The summed E-state index contributed by atoms with van der Waals surface area (Å²) in [5.74, 6) is 1.89. The number of likely N-dealkylation sites (N-methyl/N-ethyl adjacent to an activating group) is 1. The van der Waals surface area contributed by atoms with Crippen LogP contribution in [0.25, 0.3) is 0 Å². The van der Waals surface area contributed by atoms with Crippen LogP contribution in [0.5, 0.6) is 5.75 Å². The number of hydrogen-bond donors (Lipinski definition) is 1. The summed E-state index contributed by atoms with van der Waals surface area (Å²) >= 11 is 0. The smallest absolute Gasteiger partial charge is 0.222 e. The second-order valence-corrected chi connectivity index (χ2v) is 6.94. The molecule has 0 bridgehead atoms. The Morgan fingerprint density at radius 2 is 1.96 bits per heavy atom. The van der Waals surface area contributed by atoms with Crippen LogP contribution in [0.2, 0.25) is 0 Å². The highest BCUT2D eigenvalue weighted by atomic mass is 16.5. The molecule has 4 heteroatoms. The van der Waals surface area contributed by atoms with Crippen LogP contribution in [-0.2, 0) is 4.79 Å². The molecule has 23 heavy (non-hydrogen) atoms. The van der Waals surface area contributed by atoms with Gasteiger partial charge in [0.2, 0.25) is 5.91 Å². The molecule has 1 aromatic rings. The van der Waals surface area contributed by atoms with E-state index in [-0.39, 0.29) is 5.91 Å². The molecule has 2 unspecified atom stereocenters. The van der Waals surface area contributed by atoms with Crippen molar-refractivity contribution in [2.75, 3.05) is 20.7 Å². The molecule has 1 aliphatic heterocycles. The van der Waals surface area contributed by atoms with Crippen LogP contribution >= 0.6 is 0 Å². The molecule has 3 rings (SSSR count). The summed E-state index contributed by atoms with van der Waals surface area (Å²) < 4.78 is 5.61. The molecule has 2 atom stereocenters. The number of carbonyl (C=O) groups is 1. The van der Waals surface area contributed by atoms with Crippen molar-refractivity contribution in [1.82, 2.24) is 10.2 Å². The number of piperidine rings is 1. The van der Waals surface area contributed by atoms with Crippen LogP contribution in [-0.4, -0.2) is 37.6 Å². The fraction of sp³-hybridized carbons (Fsp3) is 0.632. The van der Waals surface area contributed by atoms with Gasteiger partial charge in [-0.2, -0.15) is 0 Å². The third kappa shape index (κ3) is 3.69. The van der Waals surface area contributed by atoms with E-state index in [0.29, 0.717) is 24.4 Å². The van der Waals surface area contributed by atoms with E-state index in [1.165, 1.54) is 31.2 Å². The van der Waals surface area contributed by atoms with Crippen molar-refractivity contribution in [3.8, 4) is 5.75 Å². The largest absolute Gasteiger partial charge is 0.496 e. The number of rotatable bonds is 5. The molecule has 2 aliphatic rings. The van der Waals surface area contributed by atoms with E-state index >= 15 is 0 Å². The number of benzene rings is 1. The molecule has 4 nitrogen and oxygen atoms in total. The highest BCUT2D eigenvalue weighted by Crippen LogP contribution is 2.39. The van der Waals surface area contributed by atoms with E-state index in [0.717, 1.165) is 18.7 Å². The van der Waals surface area contributed by atoms with Crippen LogP contribution in [0.3, 0.4) is 0 Å². The standard InChI is InChI=1S/C19H28N2O2/c1-21-13-15(11-12-18(21)22)20-19(14-7-3-4-8-14)16-9-5-6-10-17(16)23-2/h5-6,9-10,14-15,19-20H,3-4,7-8,11-13H2,1-2H3. The zero-order valence-electron chi connectivity index (χ0n) is 14.3. The molecule has 1 heterocycles. The second-order valence-electron chi connectivity index (χ2n) is 6.94. The average molecular weight is 316 g/mol. The van der Waals surface area contributed by atoms with Gasteiger partial charge in [0.25, 0.3) is 0 Å². The average Bonchev–Trinajstić information content (AvgIpc) is 3.10. The van der Waals surface area contributed by atoms with Crippen LogP contribution in [0.15, 0.2) is 24.3 Å². The quantitative estimate of drug-likeness (QED) is 0.907. The van der Waals surface area contributed by atoms with Gasteiger partial charge in [0.05, 0.1) is 7.11 Å². The fourth-order valence-electron chi connectivity index (χ4n) is 4.10. The lowest BCUT2D eigenvalue weighted by Crippen LogP contribution is -2.48. The number of nitrogens with zero attached hydrogens (tertiary/aromatic N) is 1. The summed E-state index contributed by atoms with van der Waals surface area (Å²) in [5, 5.41) is 3.87. The van der Waals surface area contributed by atoms with Crippen molar-refractivity contribution in [2.45, 2.75) is 50.6 Å². The maximum absolute atomic E-state index is 11.7. The first-order valence-corrected chi connectivity index (χ1v) is 8.82. The molecule has 1 aromatic carbocycles. The lowest BCUT2D eigenvalue weighted by Gasteiger charge is -2.36. The van der Waals surface area contributed by atoms with E-state index in [9.17, 15) is 4.79 Å². The van der Waals surface area contributed by atoms with Crippen molar-refractivity contribution in [3.63, 3.8) is 0 Å². The number of likely N-dealkylation sites (tertiary alicyclic amines) is 1. The third-order valence-corrected chi connectivity index (χ3v) is 5.39. The first kappa shape index (κ1) is 16.3. The van der Waals surface area contributed by atoms with Crippen molar-refractivity contribution in [3.05, 3.63) is 29.8 Å². The monoisotopic (exact) mass is 316 g/mol. The summed E-state index contributed by atoms with van der Waals surface area (Å²) in [5.41, 5.74) is 1.27. The molecule has 1 amide bonds. The number of ether oxygens (including phenoxy) is 1. The van der Waals surface area contributed by atoms with Crippen molar-refractivity contribution in [2.24, 2.45) is 5.92 Å². The Bertz CT molecular complexity index is 540. The lowest BCUT2D eigenvalue weighted by molar-refractivity contribution is -0.132. The minimum Gasteiger partial charge on any atom is -0.496 e. The van der Waals surface area contributed by atoms with Gasteiger partial charge in [0.15, 0.2) is 0 Å². The zero-order valence-corrected chi connectivity index (χ0v) is 14.3. The van der Waals surface area contributed by atoms with Crippen LogP contribution in [0, 0.1) is 5.92 Å². The highest BCUT2D eigenvalue weighted by molar-refractivity contribution is 5.76. The van der Waals surface area contributed by atoms with Gasteiger partial charge >= 0.3 is 0 Å². The van der Waals surface area contributed by atoms with Gasteiger partial charge in [-0.15, -0.1) is 0 Å². The van der Waals surface area contributed by atoms with Crippen molar-refractivity contribution in [1.29, 1.82) is 0 Å². The minimum absolute atomic E-state index is 0.262. The van der Waals surface area contributed by atoms with Gasteiger partial charge in [-0.3, -0.25) is 4.79 Å². The van der Waals surface area contributed by atoms with E-state index in [4.69, 9.17) is 4.74 Å². The molecule has 0 radical (unpaired) electrons. The third-order valence-electron chi connectivity index (χ3n) is 5.39. The molecule has 2 fully saturated rings. The van der Waals surface area contributed by atoms with Crippen LogP contribution in [0.1, 0.15) is 50.1 Å². The number of amides is 1. The molecular formula is C19H28N2O2. The first-order valence-electron chi connectivity index (χ1n) is 8.82. The van der Waals surface area contributed by atoms with Crippen LogP contribution < -0.4 is 10.1 Å². The Morgan fingerprint density at radius 1 is 1.22 bits per heavy atom. The maximum Gasteiger partial charge on any atom is 0.222 e. The SMILES string of the molecule is COc1ccccc1C(NC1CCC(=O)N(C)C1)C1CCCC1.